The zero-order valence-corrected chi connectivity index (χ0v) is 10.3. The predicted octanol–water partition coefficient (Wildman–Crippen LogP) is 3.77. The van der Waals surface area contributed by atoms with E-state index < -0.39 is 6.10 Å². The summed E-state index contributed by atoms with van der Waals surface area (Å²) in [6.45, 7) is 3.38. The van der Waals surface area contributed by atoms with Crippen molar-refractivity contribution in [3.63, 3.8) is 0 Å². The molecule has 1 atom stereocenters. The highest BCUT2D eigenvalue weighted by Gasteiger charge is 2.19. The van der Waals surface area contributed by atoms with Gasteiger partial charge in [-0.3, -0.25) is 0 Å². The van der Waals surface area contributed by atoms with Crippen molar-refractivity contribution in [1.82, 2.24) is 0 Å². The second-order valence-corrected chi connectivity index (χ2v) is 4.36. The molecule has 90 valence electrons. The van der Waals surface area contributed by atoms with E-state index in [0.29, 0.717) is 22.5 Å². The fourth-order valence-electron chi connectivity index (χ4n) is 1.74. The summed E-state index contributed by atoms with van der Waals surface area (Å²) < 4.78 is 18.4. The maximum absolute atomic E-state index is 13.3. The van der Waals surface area contributed by atoms with Gasteiger partial charge in [0.15, 0.2) is 0 Å². The fraction of sp³-hybridized carbons (Fsp3) is 0.231. The summed E-state index contributed by atoms with van der Waals surface area (Å²) in [5.41, 5.74) is 1.57. The number of halogens is 2. The van der Waals surface area contributed by atoms with Crippen LogP contribution in [0.3, 0.4) is 0 Å². The number of benzene rings is 1. The highest BCUT2D eigenvalue weighted by Crippen LogP contribution is 2.32. The standard InChI is InChI=1S/C13H12ClFO2/c1-7-5-10(11(14)6-12(7)15)13(16)9-3-4-17-8(9)2/h3-6,13,16H,1-2H3. The lowest BCUT2D eigenvalue weighted by molar-refractivity contribution is 0.218. The zero-order chi connectivity index (χ0) is 12.6. The van der Waals surface area contributed by atoms with Gasteiger partial charge in [-0.1, -0.05) is 11.6 Å². The van der Waals surface area contributed by atoms with E-state index in [0.717, 1.165) is 0 Å². The first kappa shape index (κ1) is 12.1. The lowest BCUT2D eigenvalue weighted by Gasteiger charge is -2.13. The van der Waals surface area contributed by atoms with Gasteiger partial charge in [-0.25, -0.2) is 4.39 Å². The van der Waals surface area contributed by atoms with Crippen molar-refractivity contribution in [2.24, 2.45) is 0 Å². The van der Waals surface area contributed by atoms with Gasteiger partial charge in [0.2, 0.25) is 0 Å². The van der Waals surface area contributed by atoms with Gasteiger partial charge in [0.25, 0.3) is 0 Å². The second kappa shape index (κ2) is 4.51. The summed E-state index contributed by atoms with van der Waals surface area (Å²) in [6, 6.07) is 4.44. The van der Waals surface area contributed by atoms with E-state index >= 15 is 0 Å². The molecule has 17 heavy (non-hydrogen) atoms. The molecule has 1 heterocycles. The number of hydrogen-bond acceptors (Lipinski definition) is 2. The molecule has 0 saturated heterocycles. The molecule has 4 heteroatoms. The van der Waals surface area contributed by atoms with Crippen molar-refractivity contribution >= 4 is 11.6 Å². The molecule has 2 aromatic rings. The normalized spacial score (nSPS) is 12.8. The van der Waals surface area contributed by atoms with Crippen molar-refractivity contribution in [3.8, 4) is 0 Å². The van der Waals surface area contributed by atoms with E-state index in [1.165, 1.54) is 12.3 Å². The van der Waals surface area contributed by atoms with Crippen LogP contribution in [0.2, 0.25) is 5.02 Å². The van der Waals surface area contributed by atoms with Crippen LogP contribution in [0.25, 0.3) is 0 Å². The van der Waals surface area contributed by atoms with Gasteiger partial charge >= 0.3 is 0 Å². The molecule has 0 amide bonds. The third-order valence-corrected chi connectivity index (χ3v) is 3.09. The highest BCUT2D eigenvalue weighted by molar-refractivity contribution is 6.31. The first-order valence-corrected chi connectivity index (χ1v) is 5.56. The van der Waals surface area contributed by atoms with E-state index in [1.54, 1.807) is 26.0 Å². The molecule has 0 bridgehead atoms. The quantitative estimate of drug-likeness (QED) is 0.885. The van der Waals surface area contributed by atoms with Crippen molar-refractivity contribution in [2.45, 2.75) is 20.0 Å². The Balaban J connectivity index is 2.48. The molecule has 2 rings (SSSR count). The predicted molar refractivity (Wildman–Crippen MR) is 63.7 cm³/mol. The molecular formula is C13H12ClFO2. The Kier molecular flexibility index (Phi) is 3.22. The Bertz CT molecular complexity index is 548. The summed E-state index contributed by atoms with van der Waals surface area (Å²) in [4.78, 5) is 0. The minimum atomic E-state index is -0.902. The van der Waals surface area contributed by atoms with Gasteiger partial charge in [-0.2, -0.15) is 0 Å². The first-order valence-electron chi connectivity index (χ1n) is 5.18. The van der Waals surface area contributed by atoms with E-state index in [-0.39, 0.29) is 10.8 Å². The number of aliphatic hydroxyl groups is 1. The molecule has 0 aliphatic rings. The number of furan rings is 1. The van der Waals surface area contributed by atoms with E-state index in [9.17, 15) is 9.50 Å². The lowest BCUT2D eigenvalue weighted by Crippen LogP contribution is -2.02. The van der Waals surface area contributed by atoms with Crippen LogP contribution in [0.5, 0.6) is 0 Å². The fourth-order valence-corrected chi connectivity index (χ4v) is 1.99. The molecule has 1 unspecified atom stereocenters. The van der Waals surface area contributed by atoms with Crippen molar-refractivity contribution in [3.05, 3.63) is 57.8 Å². The van der Waals surface area contributed by atoms with Crippen molar-refractivity contribution < 1.29 is 13.9 Å². The monoisotopic (exact) mass is 254 g/mol. The molecule has 0 spiro atoms. The Labute approximate surface area is 104 Å². The molecule has 0 saturated carbocycles. The van der Waals surface area contributed by atoms with Gasteiger partial charge in [0, 0.05) is 16.1 Å². The summed E-state index contributed by atoms with van der Waals surface area (Å²) in [6.07, 6.45) is 0.596. The topological polar surface area (TPSA) is 33.4 Å². The third kappa shape index (κ3) is 2.21. The van der Waals surface area contributed by atoms with Crippen LogP contribution in [0.15, 0.2) is 28.9 Å². The molecule has 0 fully saturated rings. The van der Waals surface area contributed by atoms with Crippen LogP contribution in [0.4, 0.5) is 4.39 Å². The van der Waals surface area contributed by atoms with Crippen LogP contribution in [0, 0.1) is 19.7 Å². The summed E-state index contributed by atoms with van der Waals surface area (Å²) in [5.74, 6) is 0.241. The lowest BCUT2D eigenvalue weighted by atomic mass is 10.0. The van der Waals surface area contributed by atoms with Crippen LogP contribution in [-0.2, 0) is 0 Å². The average molecular weight is 255 g/mol. The second-order valence-electron chi connectivity index (χ2n) is 3.96. The summed E-state index contributed by atoms with van der Waals surface area (Å²) in [5, 5.41) is 10.4. The molecule has 0 radical (unpaired) electrons. The van der Waals surface area contributed by atoms with E-state index in [1.807, 2.05) is 0 Å². The Morgan fingerprint density at radius 3 is 2.59 bits per heavy atom. The number of rotatable bonds is 2. The van der Waals surface area contributed by atoms with Gasteiger partial charge < -0.3 is 9.52 Å². The maximum atomic E-state index is 13.3. The summed E-state index contributed by atoms with van der Waals surface area (Å²) in [7, 11) is 0. The van der Waals surface area contributed by atoms with Crippen molar-refractivity contribution in [2.75, 3.05) is 0 Å². The zero-order valence-electron chi connectivity index (χ0n) is 9.50. The molecule has 1 aromatic heterocycles. The van der Waals surface area contributed by atoms with Crippen LogP contribution < -0.4 is 0 Å². The third-order valence-electron chi connectivity index (χ3n) is 2.77. The molecule has 0 aliphatic carbocycles. The van der Waals surface area contributed by atoms with E-state index in [2.05, 4.69) is 0 Å². The number of aryl methyl sites for hydroxylation is 2. The SMILES string of the molecule is Cc1cc(C(O)c2ccoc2C)c(Cl)cc1F. The van der Waals surface area contributed by atoms with Crippen molar-refractivity contribution in [1.29, 1.82) is 0 Å². The Hall–Kier alpha value is -1.32. The van der Waals surface area contributed by atoms with Gasteiger partial charge in [0.1, 0.15) is 17.7 Å². The molecule has 1 aromatic carbocycles. The molecule has 0 aliphatic heterocycles. The van der Waals surface area contributed by atoms with E-state index in [4.69, 9.17) is 16.0 Å². The van der Waals surface area contributed by atoms with Crippen LogP contribution >= 0.6 is 11.6 Å². The molecule has 2 nitrogen and oxygen atoms in total. The Morgan fingerprint density at radius 2 is 2.00 bits per heavy atom. The minimum absolute atomic E-state index is 0.209. The van der Waals surface area contributed by atoms with Gasteiger partial charge in [-0.15, -0.1) is 0 Å². The van der Waals surface area contributed by atoms with Gasteiger partial charge in [-0.05, 0) is 37.6 Å². The van der Waals surface area contributed by atoms with Crippen LogP contribution in [0.1, 0.15) is 28.6 Å². The smallest absolute Gasteiger partial charge is 0.127 e. The van der Waals surface area contributed by atoms with Gasteiger partial charge in [0.05, 0.1) is 6.26 Å². The summed E-state index contributed by atoms with van der Waals surface area (Å²) >= 11 is 5.93. The molecule has 1 N–H and O–H groups in total. The minimum Gasteiger partial charge on any atom is -0.469 e. The number of aliphatic hydroxyl groups excluding tert-OH is 1. The highest BCUT2D eigenvalue weighted by atomic mass is 35.5. The largest absolute Gasteiger partial charge is 0.469 e. The maximum Gasteiger partial charge on any atom is 0.127 e. The Morgan fingerprint density at radius 1 is 1.29 bits per heavy atom. The number of hydrogen-bond donors (Lipinski definition) is 1. The average Bonchev–Trinajstić information content (AvgIpc) is 2.69. The van der Waals surface area contributed by atoms with Crippen LogP contribution in [-0.4, -0.2) is 5.11 Å². The molecular weight excluding hydrogens is 243 g/mol. The first-order chi connectivity index (χ1) is 8.00.